The number of likely N-dealkylation sites (tertiary alicyclic amines) is 1. The second kappa shape index (κ2) is 6.79. The first kappa shape index (κ1) is 14.9. The topological polar surface area (TPSA) is 46.3 Å². The van der Waals surface area contributed by atoms with Gasteiger partial charge in [0.25, 0.3) is 0 Å². The molecule has 1 aliphatic rings. The lowest BCUT2D eigenvalue weighted by molar-refractivity contribution is -0.133. The molecule has 20 heavy (non-hydrogen) atoms. The lowest BCUT2D eigenvalue weighted by Gasteiger charge is -2.25. The molecular weight excluding hydrogens is 262 g/mol. The van der Waals surface area contributed by atoms with Gasteiger partial charge in [-0.15, -0.1) is 0 Å². The number of hydrogen-bond acceptors (Lipinski definition) is 2. The van der Waals surface area contributed by atoms with Crippen LogP contribution in [0.2, 0.25) is 0 Å². The van der Waals surface area contributed by atoms with Crippen molar-refractivity contribution >= 4 is 5.91 Å². The van der Waals surface area contributed by atoms with Crippen LogP contribution in [-0.2, 0) is 11.2 Å². The first-order valence-corrected chi connectivity index (χ1v) is 6.99. The fourth-order valence-corrected chi connectivity index (χ4v) is 2.49. The summed E-state index contributed by atoms with van der Waals surface area (Å²) in [4.78, 5) is 13.7. The van der Waals surface area contributed by atoms with Gasteiger partial charge in [0.15, 0.2) is 0 Å². The van der Waals surface area contributed by atoms with E-state index >= 15 is 0 Å². The summed E-state index contributed by atoms with van der Waals surface area (Å²) in [7, 11) is 0. The summed E-state index contributed by atoms with van der Waals surface area (Å²) in [5.41, 5.74) is 6.71. The summed E-state index contributed by atoms with van der Waals surface area (Å²) in [5, 5.41) is 0. The van der Waals surface area contributed by atoms with Crippen LogP contribution in [0.4, 0.5) is 8.78 Å². The molecule has 1 aromatic rings. The van der Waals surface area contributed by atoms with Crippen LogP contribution in [0.3, 0.4) is 0 Å². The number of hydrogen-bond donors (Lipinski definition) is 1. The Kier molecular flexibility index (Phi) is 5.06. The number of amides is 1. The third kappa shape index (κ3) is 4.00. The molecule has 0 unspecified atom stereocenters. The van der Waals surface area contributed by atoms with Gasteiger partial charge in [0.05, 0.1) is 12.6 Å². The first-order chi connectivity index (χ1) is 9.56. The van der Waals surface area contributed by atoms with Crippen LogP contribution in [0.25, 0.3) is 0 Å². The molecule has 2 N–H and O–H groups in total. The van der Waals surface area contributed by atoms with E-state index < -0.39 is 12.2 Å². The van der Waals surface area contributed by atoms with Crippen LogP contribution in [0.5, 0.6) is 0 Å². The predicted molar refractivity (Wildman–Crippen MR) is 73.4 cm³/mol. The van der Waals surface area contributed by atoms with Gasteiger partial charge in [0, 0.05) is 6.54 Å². The number of nitrogens with two attached hydrogens (primary N) is 1. The Hall–Kier alpha value is -1.49. The molecule has 2 atom stereocenters. The highest BCUT2D eigenvalue weighted by Crippen LogP contribution is 2.15. The summed E-state index contributed by atoms with van der Waals surface area (Å²) in [6, 6.07) is 5.21. The summed E-state index contributed by atoms with van der Waals surface area (Å²) >= 11 is 0. The summed E-state index contributed by atoms with van der Waals surface area (Å²) < 4.78 is 26.3. The lowest BCUT2D eigenvalue weighted by atomic mass is 10.1. The Balaban J connectivity index is 1.95. The van der Waals surface area contributed by atoms with Crippen molar-refractivity contribution in [3.63, 3.8) is 0 Å². The SMILES string of the molecule is N[C@@H](Cc1ccc(F)cc1)C(=O)N1CCCC[C@@H](F)C1. The van der Waals surface area contributed by atoms with Crippen molar-refractivity contribution in [3.05, 3.63) is 35.6 Å². The fourth-order valence-electron chi connectivity index (χ4n) is 2.49. The number of alkyl halides is 1. The maximum absolute atomic E-state index is 13.5. The van der Waals surface area contributed by atoms with E-state index in [1.165, 1.54) is 17.0 Å². The molecule has 0 bridgehead atoms. The van der Waals surface area contributed by atoms with Crippen molar-refractivity contribution in [2.24, 2.45) is 5.73 Å². The molecule has 0 aromatic heterocycles. The number of carbonyl (C=O) groups is 1. The van der Waals surface area contributed by atoms with Gasteiger partial charge in [-0.2, -0.15) is 0 Å². The minimum Gasteiger partial charge on any atom is -0.338 e. The zero-order valence-electron chi connectivity index (χ0n) is 11.4. The standard InChI is InChI=1S/C15H20F2N2O/c16-12-6-4-11(5-7-12)9-14(18)15(20)19-8-2-1-3-13(17)10-19/h4-7,13-14H,1-3,8-10,18H2/t13-,14+/m1/s1. The normalized spacial score (nSPS) is 21.4. The van der Waals surface area contributed by atoms with E-state index in [0.717, 1.165) is 18.4 Å². The molecule has 0 saturated carbocycles. The van der Waals surface area contributed by atoms with Gasteiger partial charge >= 0.3 is 0 Å². The van der Waals surface area contributed by atoms with Crippen LogP contribution in [0.15, 0.2) is 24.3 Å². The van der Waals surface area contributed by atoms with Crippen LogP contribution in [0.1, 0.15) is 24.8 Å². The molecule has 1 fully saturated rings. The quantitative estimate of drug-likeness (QED) is 0.922. The summed E-state index contributed by atoms with van der Waals surface area (Å²) in [6.45, 7) is 0.701. The van der Waals surface area contributed by atoms with Gasteiger partial charge in [-0.1, -0.05) is 12.1 Å². The van der Waals surface area contributed by atoms with Crippen LogP contribution in [0, 0.1) is 5.82 Å². The van der Waals surface area contributed by atoms with Gasteiger partial charge < -0.3 is 10.6 Å². The molecule has 0 aliphatic carbocycles. The van der Waals surface area contributed by atoms with Crippen LogP contribution >= 0.6 is 0 Å². The zero-order chi connectivity index (χ0) is 14.5. The maximum Gasteiger partial charge on any atom is 0.239 e. The second-order valence-corrected chi connectivity index (χ2v) is 5.31. The molecular formula is C15H20F2N2O. The van der Waals surface area contributed by atoms with Crippen molar-refractivity contribution in [1.29, 1.82) is 0 Å². The molecule has 1 amide bonds. The molecule has 3 nitrogen and oxygen atoms in total. The monoisotopic (exact) mass is 282 g/mol. The number of benzene rings is 1. The van der Waals surface area contributed by atoms with Gasteiger partial charge in [-0.05, 0) is 43.4 Å². The van der Waals surface area contributed by atoms with Gasteiger partial charge in [-0.3, -0.25) is 4.79 Å². The van der Waals surface area contributed by atoms with Crippen LogP contribution in [-0.4, -0.2) is 36.1 Å². The molecule has 1 saturated heterocycles. The van der Waals surface area contributed by atoms with Crippen molar-refractivity contribution in [3.8, 4) is 0 Å². The van der Waals surface area contributed by atoms with Crippen molar-refractivity contribution in [2.45, 2.75) is 37.9 Å². The molecule has 0 spiro atoms. The third-order valence-electron chi connectivity index (χ3n) is 3.61. The Morgan fingerprint density at radius 2 is 2.05 bits per heavy atom. The van der Waals surface area contributed by atoms with Crippen molar-refractivity contribution in [2.75, 3.05) is 13.1 Å². The average Bonchev–Trinajstić information content (AvgIpc) is 2.65. The number of carbonyl (C=O) groups excluding carboxylic acids is 1. The highest BCUT2D eigenvalue weighted by atomic mass is 19.1. The Morgan fingerprint density at radius 3 is 2.75 bits per heavy atom. The van der Waals surface area contributed by atoms with E-state index in [1.54, 1.807) is 12.1 Å². The average molecular weight is 282 g/mol. The molecule has 5 heteroatoms. The van der Waals surface area contributed by atoms with Gasteiger partial charge in [0.2, 0.25) is 5.91 Å². The van der Waals surface area contributed by atoms with Gasteiger partial charge in [0.1, 0.15) is 12.0 Å². The van der Waals surface area contributed by atoms with Crippen molar-refractivity contribution in [1.82, 2.24) is 4.90 Å². The zero-order valence-corrected chi connectivity index (χ0v) is 11.4. The third-order valence-corrected chi connectivity index (χ3v) is 3.61. The molecule has 1 aliphatic heterocycles. The van der Waals surface area contributed by atoms with E-state index in [4.69, 9.17) is 5.73 Å². The van der Waals surface area contributed by atoms with Gasteiger partial charge in [-0.25, -0.2) is 8.78 Å². The second-order valence-electron chi connectivity index (χ2n) is 5.31. The predicted octanol–water partition coefficient (Wildman–Crippen LogP) is 2.05. The van der Waals surface area contributed by atoms with E-state index in [1.807, 2.05) is 0 Å². The molecule has 1 aromatic carbocycles. The largest absolute Gasteiger partial charge is 0.338 e. The highest BCUT2D eigenvalue weighted by molar-refractivity contribution is 5.82. The Labute approximate surface area is 117 Å². The van der Waals surface area contributed by atoms with E-state index in [2.05, 4.69) is 0 Å². The minimum atomic E-state index is -0.959. The molecule has 110 valence electrons. The molecule has 0 radical (unpaired) electrons. The Bertz CT molecular complexity index is 450. The first-order valence-electron chi connectivity index (χ1n) is 6.99. The number of halogens is 2. The van der Waals surface area contributed by atoms with E-state index in [-0.39, 0.29) is 18.3 Å². The number of rotatable bonds is 3. The van der Waals surface area contributed by atoms with Crippen molar-refractivity contribution < 1.29 is 13.6 Å². The lowest BCUT2D eigenvalue weighted by Crippen LogP contribution is -2.46. The number of nitrogens with zero attached hydrogens (tertiary/aromatic N) is 1. The molecule has 1 heterocycles. The summed E-state index contributed by atoms with van der Waals surface area (Å²) in [6.07, 6.45) is 1.51. The van der Waals surface area contributed by atoms with Crippen LogP contribution < -0.4 is 5.73 Å². The van der Waals surface area contributed by atoms with E-state index in [9.17, 15) is 13.6 Å². The highest BCUT2D eigenvalue weighted by Gasteiger charge is 2.25. The van der Waals surface area contributed by atoms with E-state index in [0.29, 0.717) is 19.4 Å². The Morgan fingerprint density at radius 1 is 1.35 bits per heavy atom. The summed E-state index contributed by atoms with van der Waals surface area (Å²) in [5.74, 6) is -0.541. The fraction of sp³-hybridized carbons (Fsp3) is 0.533. The molecule has 2 rings (SSSR count). The minimum absolute atomic E-state index is 0.135. The smallest absolute Gasteiger partial charge is 0.239 e. The maximum atomic E-state index is 13.5.